The summed E-state index contributed by atoms with van der Waals surface area (Å²) in [5, 5.41) is 5.07. The molecular formula is C20H28ClN3O3S. The molecule has 3 aliphatic rings. The van der Waals surface area contributed by atoms with E-state index >= 15 is 0 Å². The van der Waals surface area contributed by atoms with E-state index in [0.717, 1.165) is 24.9 Å². The molecule has 1 saturated carbocycles. The van der Waals surface area contributed by atoms with Crippen LogP contribution in [0.25, 0.3) is 0 Å². The Hall–Kier alpha value is -1.60. The van der Waals surface area contributed by atoms with Gasteiger partial charge >= 0.3 is 0 Å². The minimum absolute atomic E-state index is 0. The molecule has 4 atom stereocenters. The van der Waals surface area contributed by atoms with Gasteiger partial charge in [0.15, 0.2) is 15.1 Å². The van der Waals surface area contributed by atoms with Crippen LogP contribution in [-0.2, 0) is 14.6 Å². The van der Waals surface area contributed by atoms with E-state index < -0.39 is 26.5 Å². The Balaban J connectivity index is 0.00000225. The number of anilines is 1. The zero-order chi connectivity index (χ0) is 19.2. The van der Waals surface area contributed by atoms with Crippen LogP contribution in [0.2, 0.25) is 0 Å². The number of hydrogen-bond donors (Lipinski definition) is 2. The highest BCUT2D eigenvalue weighted by Crippen LogP contribution is 2.50. The van der Waals surface area contributed by atoms with Crippen molar-refractivity contribution in [3.63, 3.8) is 0 Å². The highest BCUT2D eigenvalue weighted by atomic mass is 35.5. The molecular weight excluding hydrogens is 398 g/mol. The van der Waals surface area contributed by atoms with E-state index in [9.17, 15) is 13.2 Å². The number of sulfone groups is 1. The first kappa shape index (κ1) is 21.1. The predicted molar refractivity (Wildman–Crippen MR) is 114 cm³/mol. The van der Waals surface area contributed by atoms with Gasteiger partial charge in [-0.15, -0.1) is 12.4 Å². The maximum atomic E-state index is 13.3. The Morgan fingerprint density at radius 1 is 1.29 bits per heavy atom. The molecule has 0 spiro atoms. The van der Waals surface area contributed by atoms with Crippen molar-refractivity contribution >= 4 is 39.6 Å². The summed E-state index contributed by atoms with van der Waals surface area (Å²) in [7, 11) is -3.69. The lowest BCUT2D eigenvalue weighted by molar-refractivity contribution is -0.119. The molecule has 154 valence electrons. The van der Waals surface area contributed by atoms with Crippen molar-refractivity contribution in [1.82, 2.24) is 5.32 Å². The zero-order valence-corrected chi connectivity index (χ0v) is 17.9. The Labute approximate surface area is 172 Å². The summed E-state index contributed by atoms with van der Waals surface area (Å²) in [5.74, 6) is 0.391. The van der Waals surface area contributed by atoms with E-state index in [0.29, 0.717) is 30.6 Å². The average Bonchev–Trinajstić information content (AvgIpc) is 2.78. The fourth-order valence-corrected chi connectivity index (χ4v) is 7.29. The summed E-state index contributed by atoms with van der Waals surface area (Å²) in [6, 6.07) is 8.20. The van der Waals surface area contributed by atoms with E-state index in [1.807, 2.05) is 18.2 Å². The number of amides is 1. The molecule has 28 heavy (non-hydrogen) atoms. The third-order valence-electron chi connectivity index (χ3n) is 6.36. The van der Waals surface area contributed by atoms with Crippen LogP contribution in [0, 0.1) is 5.92 Å². The summed E-state index contributed by atoms with van der Waals surface area (Å²) >= 11 is 0. The number of rotatable bonds is 3. The Morgan fingerprint density at radius 2 is 2.04 bits per heavy atom. The van der Waals surface area contributed by atoms with Gasteiger partial charge in [0.1, 0.15) is 0 Å². The number of carbonyl (C=O) groups is 1. The SMILES string of the molecule is CC1=NCCNC(=O)C1S(=O)(=O)CC12CCC(C)C(C1)c1ccccc1N2.Cl. The summed E-state index contributed by atoms with van der Waals surface area (Å²) in [6.45, 7) is 4.72. The van der Waals surface area contributed by atoms with Crippen LogP contribution < -0.4 is 10.6 Å². The third-order valence-corrected chi connectivity index (χ3v) is 8.59. The Morgan fingerprint density at radius 3 is 2.82 bits per heavy atom. The summed E-state index contributed by atoms with van der Waals surface area (Å²) in [4.78, 5) is 16.7. The largest absolute Gasteiger partial charge is 0.378 e. The summed E-state index contributed by atoms with van der Waals surface area (Å²) in [6.07, 6.45) is 2.56. The molecule has 1 aromatic rings. The second-order valence-corrected chi connectivity index (χ2v) is 10.4. The number of nitrogens with one attached hydrogen (secondary N) is 2. The first-order chi connectivity index (χ1) is 12.8. The number of benzene rings is 1. The molecule has 0 radical (unpaired) electrons. The molecule has 4 rings (SSSR count). The smallest absolute Gasteiger partial charge is 0.244 e. The standard InChI is InChI=1S/C20H27N3O3S.ClH/c1-13-7-8-20(11-16(13)15-5-3-4-6-17(15)23-20)12-27(25,26)18-14(2)21-9-10-22-19(18)24;/h3-6,13,16,18,23H,7-12H2,1-2H3,(H,22,24);1H. The molecule has 1 aliphatic carbocycles. The topological polar surface area (TPSA) is 87.6 Å². The molecule has 0 aromatic heterocycles. The molecule has 0 saturated heterocycles. The number of para-hydroxylation sites is 1. The highest BCUT2D eigenvalue weighted by molar-refractivity contribution is 7.93. The molecule has 2 aliphatic heterocycles. The fraction of sp³-hybridized carbons (Fsp3) is 0.600. The molecule has 8 heteroatoms. The van der Waals surface area contributed by atoms with E-state index in [2.05, 4.69) is 28.6 Å². The van der Waals surface area contributed by atoms with Crippen LogP contribution in [0.5, 0.6) is 0 Å². The van der Waals surface area contributed by atoms with Crippen molar-refractivity contribution < 1.29 is 13.2 Å². The second kappa shape index (κ2) is 7.67. The summed E-state index contributed by atoms with van der Waals surface area (Å²) in [5.41, 5.74) is 2.20. The van der Waals surface area contributed by atoms with Crippen molar-refractivity contribution in [3.8, 4) is 0 Å². The average molecular weight is 426 g/mol. The monoisotopic (exact) mass is 425 g/mol. The second-order valence-electron chi connectivity index (χ2n) is 8.32. The van der Waals surface area contributed by atoms with Gasteiger partial charge in [-0.05, 0) is 49.7 Å². The van der Waals surface area contributed by atoms with Gasteiger partial charge in [0, 0.05) is 17.9 Å². The van der Waals surface area contributed by atoms with Crippen molar-refractivity contribution in [1.29, 1.82) is 0 Å². The van der Waals surface area contributed by atoms with Crippen molar-refractivity contribution in [2.24, 2.45) is 10.9 Å². The molecule has 2 heterocycles. The molecule has 6 nitrogen and oxygen atoms in total. The number of fused-ring (bicyclic) bond motifs is 4. The van der Waals surface area contributed by atoms with Crippen LogP contribution >= 0.6 is 12.4 Å². The van der Waals surface area contributed by atoms with Gasteiger partial charge in [0.25, 0.3) is 0 Å². The van der Waals surface area contributed by atoms with Crippen LogP contribution in [0.3, 0.4) is 0 Å². The molecule has 1 fully saturated rings. The first-order valence-corrected chi connectivity index (χ1v) is 11.4. The summed E-state index contributed by atoms with van der Waals surface area (Å²) < 4.78 is 26.7. The van der Waals surface area contributed by atoms with E-state index in [-0.39, 0.29) is 18.2 Å². The molecule has 2 bridgehead atoms. The minimum atomic E-state index is -3.69. The van der Waals surface area contributed by atoms with Crippen LogP contribution in [0.4, 0.5) is 5.69 Å². The quantitative estimate of drug-likeness (QED) is 0.779. The van der Waals surface area contributed by atoms with Gasteiger partial charge in [-0.1, -0.05) is 25.1 Å². The minimum Gasteiger partial charge on any atom is -0.378 e. The fourth-order valence-electron chi connectivity index (χ4n) is 5.01. The molecule has 4 unspecified atom stereocenters. The van der Waals surface area contributed by atoms with Gasteiger partial charge < -0.3 is 10.6 Å². The van der Waals surface area contributed by atoms with E-state index in [1.165, 1.54) is 5.56 Å². The number of carbonyl (C=O) groups excluding carboxylic acids is 1. The van der Waals surface area contributed by atoms with E-state index in [1.54, 1.807) is 6.92 Å². The van der Waals surface area contributed by atoms with Gasteiger partial charge in [-0.3, -0.25) is 9.79 Å². The zero-order valence-electron chi connectivity index (χ0n) is 16.3. The molecule has 2 N–H and O–H groups in total. The van der Waals surface area contributed by atoms with Gasteiger partial charge in [-0.25, -0.2) is 8.42 Å². The Kier molecular flexibility index (Phi) is 5.79. The number of hydrogen-bond acceptors (Lipinski definition) is 5. The lowest BCUT2D eigenvalue weighted by atomic mass is 9.66. The van der Waals surface area contributed by atoms with Gasteiger partial charge in [0.2, 0.25) is 5.91 Å². The maximum Gasteiger partial charge on any atom is 0.244 e. The van der Waals surface area contributed by atoms with Crippen LogP contribution in [-0.4, -0.2) is 49.7 Å². The third kappa shape index (κ3) is 3.66. The molecule has 1 amide bonds. The van der Waals surface area contributed by atoms with Crippen LogP contribution in [0.1, 0.15) is 44.6 Å². The first-order valence-electron chi connectivity index (χ1n) is 9.69. The lowest BCUT2D eigenvalue weighted by Crippen LogP contribution is -2.55. The van der Waals surface area contributed by atoms with Crippen LogP contribution in [0.15, 0.2) is 29.3 Å². The van der Waals surface area contributed by atoms with Gasteiger partial charge in [-0.2, -0.15) is 0 Å². The highest BCUT2D eigenvalue weighted by Gasteiger charge is 2.49. The number of halogens is 1. The number of aliphatic imine (C=N–C) groups is 1. The number of nitrogens with zero attached hydrogens (tertiary/aromatic N) is 1. The lowest BCUT2D eigenvalue weighted by Gasteiger charge is -2.50. The van der Waals surface area contributed by atoms with Crippen molar-refractivity contribution in [2.45, 2.75) is 49.8 Å². The van der Waals surface area contributed by atoms with Gasteiger partial charge in [0.05, 0.1) is 17.8 Å². The van der Waals surface area contributed by atoms with Crippen molar-refractivity contribution in [3.05, 3.63) is 29.8 Å². The molecule has 1 aromatic carbocycles. The normalized spacial score (nSPS) is 32.0. The van der Waals surface area contributed by atoms with Crippen molar-refractivity contribution in [2.75, 3.05) is 24.2 Å². The van der Waals surface area contributed by atoms with E-state index in [4.69, 9.17) is 0 Å². The Bertz CT molecular complexity index is 902. The predicted octanol–water partition coefficient (Wildman–Crippen LogP) is 2.55. The maximum absolute atomic E-state index is 13.3.